The molecule has 0 bridgehead atoms. The minimum atomic E-state index is -0.00606. The van der Waals surface area contributed by atoms with Gasteiger partial charge in [-0.2, -0.15) is 0 Å². The van der Waals surface area contributed by atoms with Gasteiger partial charge in [-0.25, -0.2) is 0 Å². The maximum absolute atomic E-state index is 13.1. The van der Waals surface area contributed by atoms with Crippen molar-refractivity contribution in [1.82, 2.24) is 4.98 Å². The first-order valence-corrected chi connectivity index (χ1v) is 8.75. The second-order valence-electron chi connectivity index (χ2n) is 6.30. The largest absolute Gasteiger partial charge is 0.497 e. The van der Waals surface area contributed by atoms with Crippen LogP contribution in [-0.2, 0) is 11.3 Å². The number of ether oxygens (including phenoxy) is 1. The lowest BCUT2D eigenvalue weighted by Gasteiger charge is -2.23. The van der Waals surface area contributed by atoms with Gasteiger partial charge in [0.25, 0.3) is 0 Å². The number of methoxy groups -OCH3 is 1. The monoisotopic (exact) mass is 357 g/mol. The number of hydrogen-bond acceptors (Lipinski definition) is 4. The molecule has 0 saturated carbocycles. The second kappa shape index (κ2) is 7.41. The lowest BCUT2D eigenvalue weighted by molar-refractivity contribution is -0.117. The Morgan fingerprint density at radius 1 is 1.07 bits per heavy atom. The van der Waals surface area contributed by atoms with Crippen molar-refractivity contribution < 1.29 is 9.53 Å². The molecule has 0 saturated heterocycles. The SMILES string of the molecule is COc1ccc2c(c1)N(Cc1ccccc1)C(=O)CC(c1cccnc1)=N2. The molecule has 1 aliphatic rings. The van der Waals surface area contributed by atoms with Crippen LogP contribution in [0.5, 0.6) is 5.75 Å². The molecule has 1 aliphatic heterocycles. The normalized spacial score (nSPS) is 13.6. The Balaban J connectivity index is 1.79. The molecule has 1 amide bonds. The van der Waals surface area contributed by atoms with Crippen LogP contribution in [0.2, 0.25) is 0 Å². The molecule has 0 atom stereocenters. The molecular weight excluding hydrogens is 338 g/mol. The molecule has 0 radical (unpaired) electrons. The average Bonchev–Trinajstić information content (AvgIpc) is 2.86. The summed E-state index contributed by atoms with van der Waals surface area (Å²) in [4.78, 5) is 23.9. The van der Waals surface area contributed by atoms with Gasteiger partial charge < -0.3 is 9.64 Å². The molecule has 0 aliphatic carbocycles. The van der Waals surface area contributed by atoms with E-state index in [2.05, 4.69) is 4.98 Å². The van der Waals surface area contributed by atoms with Crippen molar-refractivity contribution in [1.29, 1.82) is 0 Å². The highest BCUT2D eigenvalue weighted by molar-refractivity contribution is 6.17. The fourth-order valence-electron chi connectivity index (χ4n) is 3.14. The molecule has 5 heteroatoms. The molecule has 134 valence electrons. The number of aliphatic imine (C=N–C) groups is 1. The van der Waals surface area contributed by atoms with Crippen molar-refractivity contribution in [3.8, 4) is 5.75 Å². The number of carbonyl (C=O) groups is 1. The maximum atomic E-state index is 13.1. The molecule has 0 spiro atoms. The van der Waals surface area contributed by atoms with Gasteiger partial charge >= 0.3 is 0 Å². The molecule has 5 nitrogen and oxygen atoms in total. The van der Waals surface area contributed by atoms with E-state index >= 15 is 0 Å². The number of fused-ring (bicyclic) bond motifs is 1. The Morgan fingerprint density at radius 3 is 2.67 bits per heavy atom. The van der Waals surface area contributed by atoms with Crippen LogP contribution < -0.4 is 9.64 Å². The number of pyridine rings is 1. The molecule has 0 unspecified atom stereocenters. The molecular formula is C22H19N3O2. The van der Waals surface area contributed by atoms with Crippen molar-refractivity contribution in [2.45, 2.75) is 13.0 Å². The summed E-state index contributed by atoms with van der Waals surface area (Å²) in [6.45, 7) is 0.482. The van der Waals surface area contributed by atoms with Crippen LogP contribution in [0.15, 0.2) is 78.0 Å². The van der Waals surface area contributed by atoms with E-state index in [4.69, 9.17) is 9.73 Å². The highest BCUT2D eigenvalue weighted by Crippen LogP contribution is 2.37. The third-order valence-electron chi connectivity index (χ3n) is 4.53. The van der Waals surface area contributed by atoms with Crippen LogP contribution in [0.1, 0.15) is 17.5 Å². The first-order chi connectivity index (χ1) is 13.2. The summed E-state index contributed by atoms with van der Waals surface area (Å²) in [5.74, 6) is 0.688. The minimum absolute atomic E-state index is 0.00606. The van der Waals surface area contributed by atoms with Crippen LogP contribution in [0.4, 0.5) is 11.4 Å². The molecule has 3 aromatic rings. The van der Waals surface area contributed by atoms with Crippen LogP contribution in [0, 0.1) is 0 Å². The van der Waals surface area contributed by atoms with E-state index in [9.17, 15) is 4.79 Å². The van der Waals surface area contributed by atoms with Crippen LogP contribution >= 0.6 is 0 Å². The van der Waals surface area contributed by atoms with E-state index < -0.39 is 0 Å². The number of aromatic nitrogens is 1. The number of nitrogens with zero attached hydrogens (tertiary/aromatic N) is 3. The van der Waals surface area contributed by atoms with E-state index in [1.54, 1.807) is 24.4 Å². The summed E-state index contributed by atoms with van der Waals surface area (Å²) in [5, 5.41) is 0. The predicted molar refractivity (Wildman–Crippen MR) is 106 cm³/mol. The summed E-state index contributed by atoms with van der Waals surface area (Å²) in [7, 11) is 1.62. The van der Waals surface area contributed by atoms with E-state index in [1.165, 1.54) is 0 Å². The van der Waals surface area contributed by atoms with Crippen LogP contribution in [0.3, 0.4) is 0 Å². The number of benzene rings is 2. The fraction of sp³-hybridized carbons (Fsp3) is 0.136. The van der Waals surface area contributed by atoms with E-state index in [0.29, 0.717) is 12.3 Å². The van der Waals surface area contributed by atoms with Crippen molar-refractivity contribution >= 4 is 23.0 Å². The van der Waals surface area contributed by atoms with Gasteiger partial charge in [-0.3, -0.25) is 14.8 Å². The fourth-order valence-corrected chi connectivity index (χ4v) is 3.14. The number of anilines is 1. The summed E-state index contributed by atoms with van der Waals surface area (Å²) < 4.78 is 5.37. The van der Waals surface area contributed by atoms with Gasteiger partial charge in [-0.05, 0) is 23.8 Å². The Labute approximate surface area is 158 Å². The average molecular weight is 357 g/mol. The van der Waals surface area contributed by atoms with Gasteiger partial charge in [0.1, 0.15) is 5.75 Å². The van der Waals surface area contributed by atoms with E-state index in [1.807, 2.05) is 60.7 Å². The Kier molecular flexibility index (Phi) is 4.66. The molecule has 2 aromatic carbocycles. The van der Waals surface area contributed by atoms with Crippen molar-refractivity contribution in [2.75, 3.05) is 12.0 Å². The van der Waals surface area contributed by atoms with Gasteiger partial charge in [0.05, 0.1) is 37.2 Å². The molecule has 0 fully saturated rings. The Hall–Kier alpha value is -3.47. The predicted octanol–water partition coefficient (Wildman–Crippen LogP) is 4.15. The third-order valence-corrected chi connectivity index (χ3v) is 4.53. The molecule has 1 aromatic heterocycles. The zero-order valence-electron chi connectivity index (χ0n) is 15.0. The zero-order chi connectivity index (χ0) is 18.6. The van der Waals surface area contributed by atoms with Crippen molar-refractivity contribution in [3.63, 3.8) is 0 Å². The van der Waals surface area contributed by atoms with Crippen LogP contribution in [-0.4, -0.2) is 23.7 Å². The number of amides is 1. The lowest BCUT2D eigenvalue weighted by Crippen LogP contribution is -2.31. The molecule has 27 heavy (non-hydrogen) atoms. The highest BCUT2D eigenvalue weighted by Gasteiger charge is 2.25. The third kappa shape index (κ3) is 3.58. The number of carbonyl (C=O) groups excluding carboxylic acids is 1. The van der Waals surface area contributed by atoms with Crippen LogP contribution in [0.25, 0.3) is 0 Å². The first-order valence-electron chi connectivity index (χ1n) is 8.75. The van der Waals surface area contributed by atoms with Gasteiger partial charge in [-0.1, -0.05) is 36.4 Å². The Morgan fingerprint density at radius 2 is 1.93 bits per heavy atom. The summed E-state index contributed by atoms with van der Waals surface area (Å²) in [6.07, 6.45) is 3.67. The maximum Gasteiger partial charge on any atom is 0.233 e. The lowest BCUT2D eigenvalue weighted by atomic mass is 10.1. The van der Waals surface area contributed by atoms with Gasteiger partial charge in [-0.15, -0.1) is 0 Å². The van der Waals surface area contributed by atoms with Gasteiger partial charge in [0.15, 0.2) is 0 Å². The van der Waals surface area contributed by atoms with Crippen molar-refractivity contribution in [3.05, 3.63) is 84.2 Å². The van der Waals surface area contributed by atoms with Crippen molar-refractivity contribution in [2.24, 2.45) is 4.99 Å². The molecule has 4 rings (SSSR count). The minimum Gasteiger partial charge on any atom is -0.497 e. The highest BCUT2D eigenvalue weighted by atomic mass is 16.5. The second-order valence-corrected chi connectivity index (χ2v) is 6.30. The topological polar surface area (TPSA) is 54.8 Å². The molecule has 0 N–H and O–H groups in total. The Bertz CT molecular complexity index is 985. The smallest absolute Gasteiger partial charge is 0.233 e. The number of hydrogen-bond donors (Lipinski definition) is 0. The van der Waals surface area contributed by atoms with Gasteiger partial charge in [0, 0.05) is 24.0 Å². The summed E-state index contributed by atoms with van der Waals surface area (Å²) in [5.41, 5.74) is 4.13. The number of rotatable bonds is 4. The van der Waals surface area contributed by atoms with E-state index in [0.717, 1.165) is 28.2 Å². The quantitative estimate of drug-likeness (QED) is 0.705. The summed E-state index contributed by atoms with van der Waals surface area (Å²) >= 11 is 0. The van der Waals surface area contributed by atoms with E-state index in [-0.39, 0.29) is 12.3 Å². The van der Waals surface area contributed by atoms with Gasteiger partial charge in [0.2, 0.25) is 5.91 Å². The summed E-state index contributed by atoms with van der Waals surface area (Å²) in [6, 6.07) is 19.3. The standard InChI is InChI=1S/C22H19N3O2/c1-27-18-9-10-19-21(12-18)25(15-16-6-3-2-4-7-16)22(26)13-20(24-19)17-8-5-11-23-14-17/h2-12,14H,13,15H2,1H3. The first kappa shape index (κ1) is 17.0. The molecule has 2 heterocycles. The zero-order valence-corrected chi connectivity index (χ0v) is 15.0.